The van der Waals surface area contributed by atoms with Gasteiger partial charge in [0.1, 0.15) is 22.9 Å². The number of nitrogens with one attached hydrogen (secondary N) is 1. The van der Waals surface area contributed by atoms with Crippen LogP contribution >= 0.6 is 0 Å². The number of aromatic nitrogens is 5. The molecule has 40 heavy (non-hydrogen) atoms. The fourth-order valence-electron chi connectivity index (χ4n) is 4.54. The fourth-order valence-corrected chi connectivity index (χ4v) is 5.96. The highest BCUT2D eigenvalue weighted by Crippen LogP contribution is 2.38. The first kappa shape index (κ1) is 26.9. The van der Waals surface area contributed by atoms with Crippen molar-refractivity contribution < 1.29 is 26.7 Å². The minimum atomic E-state index is -4.17. The van der Waals surface area contributed by atoms with Gasteiger partial charge in [-0.25, -0.2) is 22.8 Å². The standard InChI is InChI=1S/C25H25FN8O5S/c1-15-7-8-21(39-15)23-30-31-25(34(23)22-19(37-2)5-4-6-20(22)38-3)32-40(35,36)18-9-16(10-27)13-33(14-18)24-28-11-17(26)12-29-24/h4-8,11-12,16,18H,9,13-14H2,1-3H3,(H,31,32)/t16-,18-/m1/s1. The number of hydrogen-bond acceptors (Lipinski definition) is 11. The van der Waals surface area contributed by atoms with Crippen molar-refractivity contribution in [2.24, 2.45) is 5.92 Å². The monoisotopic (exact) mass is 568 g/mol. The first-order valence-corrected chi connectivity index (χ1v) is 13.7. The third-order valence-electron chi connectivity index (χ3n) is 6.41. The SMILES string of the molecule is COc1cccc(OC)c1-n1c(NS(=O)(=O)[C@@H]2C[C@H](C#N)CN(c3ncc(F)cn3)C2)nnc1-c1ccc(C)o1. The molecule has 0 unspecified atom stereocenters. The molecule has 2 atom stereocenters. The van der Waals surface area contributed by atoms with Gasteiger partial charge >= 0.3 is 0 Å². The van der Waals surface area contributed by atoms with Crippen LogP contribution in [0.2, 0.25) is 0 Å². The first-order valence-electron chi connectivity index (χ1n) is 12.1. The van der Waals surface area contributed by atoms with Crippen molar-refractivity contribution in [3.05, 3.63) is 54.3 Å². The van der Waals surface area contributed by atoms with Gasteiger partial charge in [-0.15, -0.1) is 10.2 Å². The number of rotatable bonds is 8. The Balaban J connectivity index is 1.56. The molecule has 3 aromatic heterocycles. The summed E-state index contributed by atoms with van der Waals surface area (Å²) in [6.07, 6.45) is 2.03. The number of aryl methyl sites for hydroxylation is 1. The lowest BCUT2D eigenvalue weighted by Crippen LogP contribution is -2.48. The highest BCUT2D eigenvalue weighted by atomic mass is 32.2. The van der Waals surface area contributed by atoms with Gasteiger partial charge in [0, 0.05) is 13.1 Å². The maximum absolute atomic E-state index is 13.8. The Bertz CT molecular complexity index is 1640. The van der Waals surface area contributed by atoms with Crippen molar-refractivity contribution in [1.29, 1.82) is 5.26 Å². The van der Waals surface area contributed by atoms with Crippen LogP contribution in [-0.4, -0.2) is 65.7 Å². The zero-order chi connectivity index (χ0) is 28.4. The summed E-state index contributed by atoms with van der Waals surface area (Å²) in [5, 5.41) is 17.0. The molecule has 0 radical (unpaired) electrons. The highest BCUT2D eigenvalue weighted by molar-refractivity contribution is 7.93. The summed E-state index contributed by atoms with van der Waals surface area (Å²) in [7, 11) is -1.23. The maximum atomic E-state index is 13.8. The Morgan fingerprint density at radius 1 is 1.10 bits per heavy atom. The van der Waals surface area contributed by atoms with E-state index in [0.717, 1.165) is 12.4 Å². The van der Waals surface area contributed by atoms with Crippen molar-refractivity contribution in [3.63, 3.8) is 0 Å². The number of halogens is 1. The Morgan fingerprint density at radius 3 is 2.40 bits per heavy atom. The van der Waals surface area contributed by atoms with Crippen molar-refractivity contribution in [2.75, 3.05) is 36.9 Å². The van der Waals surface area contributed by atoms with Crippen LogP contribution in [0.4, 0.5) is 16.3 Å². The molecule has 13 nitrogen and oxygen atoms in total. The van der Waals surface area contributed by atoms with Gasteiger partial charge in [-0.2, -0.15) is 5.26 Å². The van der Waals surface area contributed by atoms with E-state index in [4.69, 9.17) is 13.9 Å². The Hall–Kier alpha value is -4.71. The smallest absolute Gasteiger partial charge is 0.243 e. The van der Waals surface area contributed by atoms with Crippen LogP contribution in [-0.2, 0) is 10.0 Å². The van der Waals surface area contributed by atoms with Crippen molar-refractivity contribution in [3.8, 4) is 34.8 Å². The second-order valence-electron chi connectivity index (χ2n) is 9.04. The molecule has 1 saturated heterocycles. The Kier molecular flexibility index (Phi) is 7.26. The summed E-state index contributed by atoms with van der Waals surface area (Å²) < 4.78 is 61.8. The molecule has 0 aliphatic carbocycles. The van der Waals surface area contributed by atoms with Gasteiger partial charge in [0.25, 0.3) is 0 Å². The molecule has 1 fully saturated rings. The van der Waals surface area contributed by atoms with E-state index in [1.807, 2.05) is 0 Å². The van der Waals surface area contributed by atoms with E-state index in [1.54, 1.807) is 42.2 Å². The summed E-state index contributed by atoms with van der Waals surface area (Å²) in [5.74, 6) is 0.603. The number of sulfonamides is 1. The number of ether oxygens (including phenoxy) is 2. The zero-order valence-electron chi connectivity index (χ0n) is 21.8. The summed E-state index contributed by atoms with van der Waals surface area (Å²) in [6, 6.07) is 10.7. The number of benzene rings is 1. The second-order valence-corrected chi connectivity index (χ2v) is 11.0. The highest BCUT2D eigenvalue weighted by Gasteiger charge is 2.38. The van der Waals surface area contributed by atoms with Gasteiger partial charge in [0.05, 0.1) is 43.9 Å². The number of anilines is 2. The molecule has 1 aliphatic rings. The third kappa shape index (κ3) is 5.13. The minimum Gasteiger partial charge on any atom is -0.494 e. The molecule has 0 spiro atoms. The maximum Gasteiger partial charge on any atom is 0.243 e. The quantitative estimate of drug-likeness (QED) is 0.333. The Labute approximate surface area is 229 Å². The molecule has 0 amide bonds. The average Bonchev–Trinajstić information content (AvgIpc) is 3.57. The summed E-state index contributed by atoms with van der Waals surface area (Å²) in [4.78, 5) is 9.45. The molecular weight excluding hydrogens is 543 g/mol. The van der Waals surface area contributed by atoms with E-state index in [2.05, 4.69) is 31.0 Å². The van der Waals surface area contributed by atoms with Crippen LogP contribution in [0.15, 0.2) is 47.1 Å². The molecule has 1 aromatic carbocycles. The van der Waals surface area contributed by atoms with Crippen LogP contribution < -0.4 is 19.1 Å². The predicted octanol–water partition coefficient (Wildman–Crippen LogP) is 2.94. The number of furan rings is 1. The van der Waals surface area contributed by atoms with Crippen molar-refractivity contribution in [1.82, 2.24) is 24.7 Å². The average molecular weight is 569 g/mol. The Morgan fingerprint density at radius 2 is 1.80 bits per heavy atom. The molecule has 0 saturated carbocycles. The summed E-state index contributed by atoms with van der Waals surface area (Å²) in [5.41, 5.74) is 0.346. The van der Waals surface area contributed by atoms with Gasteiger partial charge in [-0.1, -0.05) is 6.07 Å². The molecule has 4 heterocycles. The van der Waals surface area contributed by atoms with Crippen LogP contribution in [0.1, 0.15) is 12.2 Å². The van der Waals surface area contributed by atoms with E-state index in [-0.39, 0.29) is 37.2 Å². The lowest BCUT2D eigenvalue weighted by molar-refractivity contribution is 0.391. The largest absolute Gasteiger partial charge is 0.494 e. The predicted molar refractivity (Wildman–Crippen MR) is 141 cm³/mol. The van der Waals surface area contributed by atoms with E-state index in [9.17, 15) is 18.1 Å². The van der Waals surface area contributed by atoms with Gasteiger partial charge < -0.3 is 18.8 Å². The molecule has 1 N–H and O–H groups in total. The van der Waals surface area contributed by atoms with Crippen molar-refractivity contribution in [2.45, 2.75) is 18.6 Å². The molecule has 4 aromatic rings. The lowest BCUT2D eigenvalue weighted by Gasteiger charge is -2.34. The lowest BCUT2D eigenvalue weighted by atomic mass is 9.99. The number of hydrogen-bond donors (Lipinski definition) is 1. The van der Waals surface area contributed by atoms with E-state index >= 15 is 0 Å². The van der Waals surface area contributed by atoms with Crippen LogP contribution in [0.5, 0.6) is 11.5 Å². The number of methoxy groups -OCH3 is 2. The third-order valence-corrected chi connectivity index (χ3v) is 8.09. The van der Waals surface area contributed by atoms with E-state index in [0.29, 0.717) is 28.7 Å². The molecule has 0 bridgehead atoms. The van der Waals surface area contributed by atoms with E-state index in [1.165, 1.54) is 18.8 Å². The van der Waals surface area contributed by atoms with E-state index < -0.39 is 27.0 Å². The molecule has 208 valence electrons. The summed E-state index contributed by atoms with van der Waals surface area (Å²) in [6.45, 7) is 1.93. The summed E-state index contributed by atoms with van der Waals surface area (Å²) >= 11 is 0. The molecular formula is C25H25FN8O5S. The van der Waals surface area contributed by atoms with Gasteiger partial charge in [-0.05, 0) is 37.6 Å². The van der Waals surface area contributed by atoms with Gasteiger partial charge in [0.15, 0.2) is 11.6 Å². The minimum absolute atomic E-state index is 0.0322. The van der Waals surface area contributed by atoms with Crippen LogP contribution in [0.3, 0.4) is 0 Å². The number of para-hydroxylation sites is 1. The van der Waals surface area contributed by atoms with Gasteiger partial charge in [-0.3, -0.25) is 9.29 Å². The number of piperidine rings is 1. The van der Waals surface area contributed by atoms with Gasteiger partial charge in [0.2, 0.25) is 27.7 Å². The van der Waals surface area contributed by atoms with Crippen LogP contribution in [0, 0.1) is 30.0 Å². The zero-order valence-corrected chi connectivity index (χ0v) is 22.6. The molecule has 1 aliphatic heterocycles. The molecule has 5 rings (SSSR count). The molecule has 15 heteroatoms. The van der Waals surface area contributed by atoms with Crippen LogP contribution in [0.25, 0.3) is 17.3 Å². The normalized spacial score (nSPS) is 17.3. The van der Waals surface area contributed by atoms with Crippen molar-refractivity contribution >= 4 is 21.9 Å². The topological polar surface area (TPSA) is 161 Å². The first-order chi connectivity index (χ1) is 19.2. The second kappa shape index (κ2) is 10.8. The number of nitriles is 1. The number of nitrogens with zero attached hydrogens (tertiary/aromatic N) is 7. The fraction of sp³-hybridized carbons (Fsp3) is 0.320.